The molecule has 0 spiro atoms. The van der Waals surface area contributed by atoms with Crippen molar-refractivity contribution in [1.82, 2.24) is 5.32 Å². The van der Waals surface area contributed by atoms with Crippen LogP contribution in [0, 0.1) is 5.41 Å². The second kappa shape index (κ2) is 5.57. The van der Waals surface area contributed by atoms with E-state index in [1.165, 1.54) is 11.1 Å². The van der Waals surface area contributed by atoms with Crippen molar-refractivity contribution in [1.29, 1.82) is 0 Å². The normalized spacial score (nSPS) is 17.1. The summed E-state index contributed by atoms with van der Waals surface area (Å²) in [4.78, 5) is 13.5. The van der Waals surface area contributed by atoms with Gasteiger partial charge in [-0.25, -0.2) is 0 Å². The Morgan fingerprint density at radius 3 is 2.65 bits per heavy atom. The van der Waals surface area contributed by atoms with Gasteiger partial charge in [0.1, 0.15) is 0 Å². The number of rotatable bonds is 4. The van der Waals surface area contributed by atoms with Gasteiger partial charge >= 0.3 is 0 Å². The van der Waals surface area contributed by atoms with E-state index in [0.717, 1.165) is 18.5 Å². The molecule has 1 aliphatic heterocycles. The minimum Gasteiger partial charge on any atom is -0.315 e. The van der Waals surface area contributed by atoms with Crippen LogP contribution in [0.2, 0.25) is 0 Å². The number of aryl methyl sites for hydroxylation is 1. The molecule has 0 radical (unpaired) electrons. The van der Waals surface area contributed by atoms with E-state index in [1.54, 1.807) is 4.90 Å². The molecule has 0 aromatic heterocycles. The molecule has 3 heteroatoms. The van der Waals surface area contributed by atoms with Crippen LogP contribution >= 0.6 is 0 Å². The summed E-state index contributed by atoms with van der Waals surface area (Å²) in [7, 11) is 3.89. The Morgan fingerprint density at radius 2 is 2.05 bits per heavy atom. The van der Waals surface area contributed by atoms with Crippen LogP contribution in [0.4, 0.5) is 5.69 Å². The molecule has 1 unspecified atom stereocenters. The van der Waals surface area contributed by atoms with E-state index < -0.39 is 0 Å². The van der Waals surface area contributed by atoms with Gasteiger partial charge in [0.05, 0.1) is 0 Å². The van der Waals surface area contributed by atoms with Crippen molar-refractivity contribution >= 4 is 11.6 Å². The van der Waals surface area contributed by atoms with Crippen LogP contribution in [0.25, 0.3) is 0 Å². The standard InChI is InChI=1S/C17H26N2O/c1-6-17(2,3)16(18-4)13-7-9-14-12(11-13)8-10-15(20)19(14)5/h7,9,11,16,18H,6,8,10H2,1-5H3. The maximum absolute atomic E-state index is 11.8. The smallest absolute Gasteiger partial charge is 0.227 e. The van der Waals surface area contributed by atoms with E-state index in [4.69, 9.17) is 0 Å². The molecule has 0 fully saturated rings. The molecule has 1 aromatic carbocycles. The van der Waals surface area contributed by atoms with Gasteiger partial charge in [0.2, 0.25) is 5.91 Å². The maximum Gasteiger partial charge on any atom is 0.227 e. The minimum absolute atomic E-state index is 0.208. The van der Waals surface area contributed by atoms with Crippen molar-refractivity contribution in [3.8, 4) is 0 Å². The fourth-order valence-corrected chi connectivity index (χ4v) is 3.07. The van der Waals surface area contributed by atoms with Gasteiger partial charge in [0.25, 0.3) is 0 Å². The van der Waals surface area contributed by atoms with Crippen molar-refractivity contribution in [2.45, 2.75) is 46.1 Å². The van der Waals surface area contributed by atoms with Gasteiger partial charge in [-0.15, -0.1) is 0 Å². The Kier molecular flexibility index (Phi) is 4.19. The molecule has 0 bridgehead atoms. The van der Waals surface area contributed by atoms with Gasteiger partial charge in [0, 0.05) is 25.2 Å². The first-order valence-corrected chi connectivity index (χ1v) is 7.47. The molecule has 2 rings (SSSR count). The third-order valence-electron chi connectivity index (χ3n) is 4.76. The largest absolute Gasteiger partial charge is 0.315 e. The molecule has 0 saturated heterocycles. The van der Waals surface area contributed by atoms with Crippen molar-refractivity contribution in [3.63, 3.8) is 0 Å². The summed E-state index contributed by atoms with van der Waals surface area (Å²) >= 11 is 0. The number of carbonyl (C=O) groups is 1. The zero-order chi connectivity index (χ0) is 14.9. The molecule has 1 heterocycles. The zero-order valence-corrected chi connectivity index (χ0v) is 13.3. The third kappa shape index (κ3) is 2.59. The molecule has 1 N–H and O–H groups in total. The SMILES string of the molecule is CCC(C)(C)C(NC)c1ccc2c(c1)CCC(=O)N2C. The Balaban J connectivity index is 2.38. The number of nitrogens with one attached hydrogen (secondary N) is 1. The molecule has 20 heavy (non-hydrogen) atoms. The topological polar surface area (TPSA) is 32.3 Å². The number of benzene rings is 1. The van der Waals surface area contributed by atoms with Crippen LogP contribution in [-0.2, 0) is 11.2 Å². The van der Waals surface area contributed by atoms with Crippen molar-refractivity contribution in [2.75, 3.05) is 19.0 Å². The summed E-state index contributed by atoms with van der Waals surface area (Å²) in [5.74, 6) is 0.212. The number of amides is 1. The lowest BCUT2D eigenvalue weighted by Crippen LogP contribution is -2.33. The lowest BCUT2D eigenvalue weighted by molar-refractivity contribution is -0.118. The van der Waals surface area contributed by atoms with Gasteiger partial charge in [0.15, 0.2) is 0 Å². The summed E-state index contributed by atoms with van der Waals surface area (Å²) in [6, 6.07) is 6.86. The number of hydrogen-bond donors (Lipinski definition) is 1. The highest BCUT2D eigenvalue weighted by atomic mass is 16.2. The van der Waals surface area contributed by atoms with Crippen LogP contribution in [0.15, 0.2) is 18.2 Å². The quantitative estimate of drug-likeness (QED) is 0.913. The average molecular weight is 274 g/mol. The van der Waals surface area contributed by atoms with Crippen LogP contribution in [0.1, 0.15) is 50.8 Å². The molecule has 1 amide bonds. The molecule has 1 aliphatic rings. The Bertz CT molecular complexity index is 508. The summed E-state index contributed by atoms with van der Waals surface area (Å²) < 4.78 is 0. The van der Waals surface area contributed by atoms with E-state index in [2.05, 4.69) is 44.3 Å². The molecule has 0 saturated carbocycles. The lowest BCUT2D eigenvalue weighted by Gasteiger charge is -2.35. The zero-order valence-electron chi connectivity index (χ0n) is 13.3. The number of fused-ring (bicyclic) bond motifs is 1. The van der Waals surface area contributed by atoms with Gasteiger partial charge < -0.3 is 10.2 Å². The van der Waals surface area contributed by atoms with Crippen LogP contribution in [0.5, 0.6) is 0 Å². The first kappa shape index (κ1) is 15.0. The van der Waals surface area contributed by atoms with Crippen molar-refractivity contribution < 1.29 is 4.79 Å². The average Bonchev–Trinajstić information content (AvgIpc) is 2.43. The van der Waals surface area contributed by atoms with Gasteiger partial charge in [-0.3, -0.25) is 4.79 Å². The second-order valence-corrected chi connectivity index (χ2v) is 6.40. The van der Waals surface area contributed by atoms with Gasteiger partial charge in [-0.1, -0.05) is 32.9 Å². The molecule has 1 atom stereocenters. The summed E-state index contributed by atoms with van der Waals surface area (Å²) in [5, 5.41) is 3.46. The predicted octanol–water partition coefficient (Wildman–Crippen LogP) is 3.29. The van der Waals surface area contributed by atoms with Crippen molar-refractivity contribution in [2.24, 2.45) is 5.41 Å². The fraction of sp³-hybridized carbons (Fsp3) is 0.588. The molecule has 3 nitrogen and oxygen atoms in total. The number of nitrogens with zero attached hydrogens (tertiary/aromatic N) is 1. The van der Waals surface area contributed by atoms with E-state index in [9.17, 15) is 4.79 Å². The molecule has 1 aromatic rings. The molecule has 0 aliphatic carbocycles. The van der Waals surface area contributed by atoms with Crippen LogP contribution in [-0.4, -0.2) is 20.0 Å². The van der Waals surface area contributed by atoms with Crippen LogP contribution in [0.3, 0.4) is 0 Å². The van der Waals surface area contributed by atoms with Gasteiger partial charge in [-0.2, -0.15) is 0 Å². The summed E-state index contributed by atoms with van der Waals surface area (Å²) in [5.41, 5.74) is 3.88. The third-order valence-corrected chi connectivity index (χ3v) is 4.76. The molecular formula is C17H26N2O. The molecular weight excluding hydrogens is 248 g/mol. The highest BCUT2D eigenvalue weighted by molar-refractivity contribution is 5.95. The number of hydrogen-bond acceptors (Lipinski definition) is 2. The first-order chi connectivity index (χ1) is 9.40. The predicted molar refractivity (Wildman–Crippen MR) is 84.0 cm³/mol. The van der Waals surface area contributed by atoms with E-state index >= 15 is 0 Å². The first-order valence-electron chi connectivity index (χ1n) is 7.47. The lowest BCUT2D eigenvalue weighted by atomic mass is 9.78. The van der Waals surface area contributed by atoms with Crippen LogP contribution < -0.4 is 10.2 Å². The highest BCUT2D eigenvalue weighted by Crippen LogP contribution is 2.38. The van der Waals surface area contributed by atoms with E-state index in [0.29, 0.717) is 12.5 Å². The van der Waals surface area contributed by atoms with E-state index in [-0.39, 0.29) is 11.3 Å². The fourth-order valence-electron chi connectivity index (χ4n) is 3.07. The van der Waals surface area contributed by atoms with Crippen molar-refractivity contribution in [3.05, 3.63) is 29.3 Å². The monoisotopic (exact) mass is 274 g/mol. The van der Waals surface area contributed by atoms with E-state index in [1.807, 2.05) is 14.1 Å². The molecule has 110 valence electrons. The number of anilines is 1. The highest BCUT2D eigenvalue weighted by Gasteiger charge is 2.29. The Morgan fingerprint density at radius 1 is 1.35 bits per heavy atom. The second-order valence-electron chi connectivity index (χ2n) is 6.40. The Labute approximate surface area is 122 Å². The Hall–Kier alpha value is -1.35. The summed E-state index contributed by atoms with van der Waals surface area (Å²) in [6.07, 6.45) is 2.59. The maximum atomic E-state index is 11.8. The minimum atomic E-state index is 0.208. The summed E-state index contributed by atoms with van der Waals surface area (Å²) in [6.45, 7) is 6.82. The van der Waals surface area contributed by atoms with Gasteiger partial charge in [-0.05, 0) is 42.5 Å². The number of carbonyl (C=O) groups excluding carboxylic acids is 1.